The first-order valence-corrected chi connectivity index (χ1v) is 9.19. The molecule has 2 amide bonds. The molecule has 0 saturated carbocycles. The van der Waals surface area contributed by atoms with Gasteiger partial charge in [-0.3, -0.25) is 9.59 Å². The predicted octanol–water partition coefficient (Wildman–Crippen LogP) is 2.90. The van der Waals surface area contributed by atoms with Crippen LogP contribution in [0.2, 0.25) is 0 Å². The second-order valence-electron chi connectivity index (χ2n) is 5.52. The fraction of sp³-hybridized carbons (Fsp3) is 0.500. The monoisotopic (exact) mass is 384 g/mol. The first kappa shape index (κ1) is 17.3. The molecule has 1 heterocycles. The Labute approximate surface area is 144 Å². The van der Waals surface area contributed by atoms with Crippen molar-refractivity contribution in [2.24, 2.45) is 0 Å². The SMILES string of the molecule is Cc1cc(SCC(=O)NCC(=O)N2CCCC2)c(C)cc1Br. The second kappa shape index (κ2) is 8.02. The van der Waals surface area contributed by atoms with Crippen LogP contribution in [-0.2, 0) is 9.59 Å². The minimum atomic E-state index is -0.0995. The Balaban J connectivity index is 1.78. The van der Waals surface area contributed by atoms with Gasteiger partial charge in [0.05, 0.1) is 12.3 Å². The van der Waals surface area contributed by atoms with Gasteiger partial charge in [-0.05, 0) is 49.9 Å². The van der Waals surface area contributed by atoms with Gasteiger partial charge in [0.15, 0.2) is 0 Å². The Morgan fingerprint density at radius 2 is 1.91 bits per heavy atom. The lowest BCUT2D eigenvalue weighted by Crippen LogP contribution is -2.39. The minimum Gasteiger partial charge on any atom is -0.346 e. The molecule has 0 aliphatic carbocycles. The van der Waals surface area contributed by atoms with Crippen LogP contribution in [-0.4, -0.2) is 42.1 Å². The van der Waals surface area contributed by atoms with Gasteiger partial charge in [0.25, 0.3) is 0 Å². The van der Waals surface area contributed by atoms with Crippen LogP contribution in [0.5, 0.6) is 0 Å². The predicted molar refractivity (Wildman–Crippen MR) is 93.2 cm³/mol. The number of aryl methyl sites for hydroxylation is 2. The molecule has 0 spiro atoms. The molecule has 120 valence electrons. The maximum atomic E-state index is 11.9. The van der Waals surface area contributed by atoms with Gasteiger partial charge in [-0.2, -0.15) is 0 Å². The van der Waals surface area contributed by atoms with Gasteiger partial charge in [-0.25, -0.2) is 0 Å². The number of carbonyl (C=O) groups is 2. The number of likely N-dealkylation sites (tertiary alicyclic amines) is 1. The van der Waals surface area contributed by atoms with Gasteiger partial charge < -0.3 is 10.2 Å². The molecule has 1 fully saturated rings. The molecule has 1 aromatic rings. The number of nitrogens with one attached hydrogen (secondary N) is 1. The molecule has 0 unspecified atom stereocenters. The zero-order valence-corrected chi connectivity index (χ0v) is 15.3. The minimum absolute atomic E-state index is 0.0199. The lowest BCUT2D eigenvalue weighted by Gasteiger charge is -2.15. The molecule has 1 aliphatic rings. The standard InChI is InChI=1S/C16H21BrN2O2S/c1-11-8-14(12(2)7-13(11)17)22-10-15(20)18-9-16(21)19-5-3-4-6-19/h7-8H,3-6,9-10H2,1-2H3,(H,18,20). The van der Waals surface area contributed by atoms with Crippen LogP contribution < -0.4 is 5.32 Å². The Hall–Kier alpha value is -1.01. The van der Waals surface area contributed by atoms with E-state index in [4.69, 9.17) is 0 Å². The molecule has 0 aromatic heterocycles. The normalized spacial score (nSPS) is 14.2. The van der Waals surface area contributed by atoms with Gasteiger partial charge in [-0.15, -0.1) is 11.8 Å². The van der Waals surface area contributed by atoms with E-state index in [1.54, 1.807) is 0 Å². The number of hydrogen-bond donors (Lipinski definition) is 1. The smallest absolute Gasteiger partial charge is 0.241 e. The highest BCUT2D eigenvalue weighted by molar-refractivity contribution is 9.10. The molecule has 1 saturated heterocycles. The van der Waals surface area contributed by atoms with Gasteiger partial charge in [0, 0.05) is 22.5 Å². The third-order valence-corrected chi connectivity index (χ3v) is 5.72. The second-order valence-corrected chi connectivity index (χ2v) is 7.39. The largest absolute Gasteiger partial charge is 0.346 e. The number of benzene rings is 1. The van der Waals surface area contributed by atoms with Crippen LogP contribution in [0.25, 0.3) is 0 Å². The van der Waals surface area contributed by atoms with E-state index in [0.29, 0.717) is 5.75 Å². The van der Waals surface area contributed by atoms with Crippen LogP contribution in [0.15, 0.2) is 21.5 Å². The van der Waals surface area contributed by atoms with Crippen molar-refractivity contribution in [3.05, 3.63) is 27.7 Å². The summed E-state index contributed by atoms with van der Waals surface area (Å²) in [6.07, 6.45) is 2.13. The Kier molecular flexibility index (Phi) is 6.32. The Bertz CT molecular complexity index is 572. The van der Waals surface area contributed by atoms with E-state index in [9.17, 15) is 9.59 Å². The van der Waals surface area contributed by atoms with E-state index in [-0.39, 0.29) is 18.4 Å². The zero-order valence-electron chi connectivity index (χ0n) is 12.9. The number of rotatable bonds is 5. The summed E-state index contributed by atoms with van der Waals surface area (Å²) in [5, 5.41) is 2.71. The van der Waals surface area contributed by atoms with Crippen LogP contribution in [0, 0.1) is 13.8 Å². The number of halogens is 1. The van der Waals surface area contributed by atoms with Crippen LogP contribution in [0.3, 0.4) is 0 Å². The summed E-state index contributed by atoms with van der Waals surface area (Å²) in [6.45, 7) is 5.81. The lowest BCUT2D eigenvalue weighted by atomic mass is 10.2. The maximum Gasteiger partial charge on any atom is 0.241 e. The third kappa shape index (κ3) is 4.74. The number of thioether (sulfide) groups is 1. The number of amides is 2. The number of carbonyl (C=O) groups excluding carboxylic acids is 2. The van der Waals surface area contributed by atoms with E-state index in [2.05, 4.69) is 33.4 Å². The average molecular weight is 385 g/mol. The van der Waals surface area contributed by atoms with E-state index < -0.39 is 0 Å². The molecule has 0 radical (unpaired) electrons. The van der Waals surface area contributed by atoms with Crippen LogP contribution in [0.4, 0.5) is 0 Å². The summed E-state index contributed by atoms with van der Waals surface area (Å²) in [6, 6.07) is 4.14. The van der Waals surface area contributed by atoms with Crippen molar-refractivity contribution in [3.63, 3.8) is 0 Å². The molecular weight excluding hydrogens is 364 g/mol. The van der Waals surface area contributed by atoms with Crippen LogP contribution in [0.1, 0.15) is 24.0 Å². The molecule has 2 rings (SSSR count). The number of nitrogens with zero attached hydrogens (tertiary/aromatic N) is 1. The fourth-order valence-electron chi connectivity index (χ4n) is 2.36. The summed E-state index contributed by atoms with van der Waals surface area (Å²) in [4.78, 5) is 26.7. The van der Waals surface area contributed by atoms with Crippen molar-refractivity contribution < 1.29 is 9.59 Å². The van der Waals surface area contributed by atoms with Crippen molar-refractivity contribution in [3.8, 4) is 0 Å². The highest BCUT2D eigenvalue weighted by atomic mass is 79.9. The molecule has 1 N–H and O–H groups in total. The first-order chi connectivity index (χ1) is 10.5. The molecule has 22 heavy (non-hydrogen) atoms. The summed E-state index contributed by atoms with van der Waals surface area (Å²) in [5.74, 6) is 0.249. The van der Waals surface area contributed by atoms with Gasteiger partial charge in [0.1, 0.15) is 0 Å². The first-order valence-electron chi connectivity index (χ1n) is 7.41. The van der Waals surface area contributed by atoms with E-state index in [1.165, 1.54) is 11.8 Å². The van der Waals surface area contributed by atoms with Crippen molar-refractivity contribution >= 4 is 39.5 Å². The third-order valence-electron chi connectivity index (χ3n) is 3.71. The molecule has 1 aliphatic heterocycles. The van der Waals surface area contributed by atoms with E-state index in [1.807, 2.05) is 18.7 Å². The average Bonchev–Trinajstić information content (AvgIpc) is 3.01. The molecule has 4 nitrogen and oxygen atoms in total. The Morgan fingerprint density at radius 1 is 1.23 bits per heavy atom. The fourth-order valence-corrected chi connectivity index (χ4v) is 3.75. The quantitative estimate of drug-likeness (QED) is 0.793. The zero-order chi connectivity index (χ0) is 16.1. The molecular formula is C16H21BrN2O2S. The maximum absolute atomic E-state index is 11.9. The summed E-state index contributed by atoms with van der Waals surface area (Å²) in [7, 11) is 0. The summed E-state index contributed by atoms with van der Waals surface area (Å²) < 4.78 is 1.08. The van der Waals surface area contributed by atoms with Crippen molar-refractivity contribution in [2.45, 2.75) is 31.6 Å². The molecule has 1 aromatic carbocycles. The van der Waals surface area contributed by atoms with Gasteiger partial charge >= 0.3 is 0 Å². The summed E-state index contributed by atoms with van der Waals surface area (Å²) >= 11 is 5.01. The van der Waals surface area contributed by atoms with Gasteiger partial charge in [0.2, 0.25) is 11.8 Å². The lowest BCUT2D eigenvalue weighted by molar-refractivity contribution is -0.131. The topological polar surface area (TPSA) is 49.4 Å². The van der Waals surface area contributed by atoms with Crippen LogP contribution >= 0.6 is 27.7 Å². The van der Waals surface area contributed by atoms with E-state index in [0.717, 1.165) is 46.4 Å². The highest BCUT2D eigenvalue weighted by Crippen LogP contribution is 2.28. The number of hydrogen-bond acceptors (Lipinski definition) is 3. The van der Waals surface area contributed by atoms with Gasteiger partial charge in [-0.1, -0.05) is 15.9 Å². The highest BCUT2D eigenvalue weighted by Gasteiger charge is 2.18. The molecule has 0 atom stereocenters. The van der Waals surface area contributed by atoms with Crippen molar-refractivity contribution in [1.29, 1.82) is 0 Å². The Morgan fingerprint density at radius 3 is 2.59 bits per heavy atom. The van der Waals surface area contributed by atoms with E-state index >= 15 is 0 Å². The van der Waals surface area contributed by atoms with Crippen molar-refractivity contribution in [2.75, 3.05) is 25.4 Å². The molecule has 0 bridgehead atoms. The molecule has 6 heteroatoms. The van der Waals surface area contributed by atoms with Crippen molar-refractivity contribution in [1.82, 2.24) is 10.2 Å². The summed E-state index contributed by atoms with van der Waals surface area (Å²) in [5.41, 5.74) is 2.29.